The zero-order valence-electron chi connectivity index (χ0n) is 12.6. The van der Waals surface area contributed by atoms with Crippen LogP contribution in [0.25, 0.3) is 11.3 Å². The molecule has 116 valence electrons. The van der Waals surface area contributed by atoms with Gasteiger partial charge in [-0.05, 0) is 42.0 Å². The fourth-order valence-corrected chi connectivity index (χ4v) is 2.13. The smallest absolute Gasteiger partial charge is 0.269 e. The van der Waals surface area contributed by atoms with Gasteiger partial charge in [0.2, 0.25) is 0 Å². The monoisotopic (exact) mass is 308 g/mol. The van der Waals surface area contributed by atoms with E-state index in [1.54, 1.807) is 25.6 Å². The molecule has 0 unspecified atom stereocenters. The Hall–Kier alpha value is -3.15. The largest absolute Gasteiger partial charge is 0.497 e. The molecule has 2 N–H and O–H groups in total. The van der Waals surface area contributed by atoms with Crippen LogP contribution in [-0.4, -0.2) is 28.2 Å². The summed E-state index contributed by atoms with van der Waals surface area (Å²) in [6.07, 6.45) is 3.41. The van der Waals surface area contributed by atoms with Gasteiger partial charge in [0.15, 0.2) is 0 Å². The van der Waals surface area contributed by atoms with E-state index in [1.165, 1.54) is 0 Å². The first kappa shape index (κ1) is 14.8. The summed E-state index contributed by atoms with van der Waals surface area (Å²) in [6, 6.07) is 13.0. The molecule has 0 aliphatic rings. The van der Waals surface area contributed by atoms with Crippen LogP contribution < -0.4 is 10.1 Å². The van der Waals surface area contributed by atoms with Gasteiger partial charge in [-0.25, -0.2) is 0 Å². The maximum absolute atomic E-state index is 12.1. The number of aromatic nitrogens is 3. The molecule has 0 saturated carbocycles. The van der Waals surface area contributed by atoms with Crippen molar-refractivity contribution in [3.63, 3.8) is 0 Å². The molecule has 6 heteroatoms. The highest BCUT2D eigenvalue weighted by Gasteiger charge is 2.11. The topological polar surface area (TPSA) is 79.9 Å². The van der Waals surface area contributed by atoms with Crippen LogP contribution in [0.4, 0.5) is 0 Å². The van der Waals surface area contributed by atoms with Gasteiger partial charge in [0.25, 0.3) is 5.91 Å². The second-order valence-corrected chi connectivity index (χ2v) is 4.94. The molecule has 0 aliphatic carbocycles. The zero-order valence-corrected chi connectivity index (χ0v) is 12.6. The van der Waals surface area contributed by atoms with Crippen LogP contribution in [0.2, 0.25) is 0 Å². The molecule has 0 aliphatic heterocycles. The summed E-state index contributed by atoms with van der Waals surface area (Å²) in [6.45, 7) is 0.420. The van der Waals surface area contributed by atoms with Crippen molar-refractivity contribution in [3.05, 3.63) is 66.1 Å². The molecule has 6 nitrogen and oxygen atoms in total. The molecule has 3 rings (SSSR count). The fraction of sp³-hybridized carbons (Fsp3) is 0.118. The molecule has 1 aromatic carbocycles. The Morgan fingerprint density at radius 2 is 2.09 bits per heavy atom. The van der Waals surface area contributed by atoms with E-state index in [-0.39, 0.29) is 5.91 Å². The Bertz CT molecular complexity index is 782. The standard InChI is InChI=1S/C17H16N4O2/c1-23-14-6-4-13(5-7-14)15-9-16(21-20-15)17(22)19-11-12-3-2-8-18-10-12/h2-10H,11H2,1H3,(H,19,22)(H,20,21). The lowest BCUT2D eigenvalue weighted by molar-refractivity contribution is 0.0946. The summed E-state index contributed by atoms with van der Waals surface area (Å²) < 4.78 is 5.13. The van der Waals surface area contributed by atoms with Crippen molar-refractivity contribution in [2.24, 2.45) is 0 Å². The van der Waals surface area contributed by atoms with Gasteiger partial charge < -0.3 is 10.1 Å². The van der Waals surface area contributed by atoms with E-state index in [9.17, 15) is 4.79 Å². The summed E-state index contributed by atoms with van der Waals surface area (Å²) >= 11 is 0. The number of hydrogen-bond acceptors (Lipinski definition) is 4. The van der Waals surface area contributed by atoms with Crippen LogP contribution in [-0.2, 0) is 6.54 Å². The summed E-state index contributed by atoms with van der Waals surface area (Å²) in [5.74, 6) is 0.569. The molecular weight excluding hydrogens is 292 g/mol. The number of carbonyl (C=O) groups is 1. The summed E-state index contributed by atoms with van der Waals surface area (Å²) in [5, 5.41) is 9.77. The number of ether oxygens (including phenoxy) is 1. The summed E-state index contributed by atoms with van der Waals surface area (Å²) in [5.41, 5.74) is 2.97. The van der Waals surface area contributed by atoms with Crippen molar-refractivity contribution in [2.75, 3.05) is 7.11 Å². The molecule has 0 spiro atoms. The molecule has 0 fully saturated rings. The van der Waals surface area contributed by atoms with Gasteiger partial charge in [-0.2, -0.15) is 5.10 Å². The predicted molar refractivity (Wildman–Crippen MR) is 86.0 cm³/mol. The first-order valence-electron chi connectivity index (χ1n) is 7.13. The maximum Gasteiger partial charge on any atom is 0.269 e. The number of rotatable bonds is 5. The molecule has 2 aromatic heterocycles. The molecule has 2 heterocycles. The highest BCUT2D eigenvalue weighted by molar-refractivity contribution is 5.93. The van der Waals surface area contributed by atoms with Crippen molar-refractivity contribution in [1.29, 1.82) is 0 Å². The second-order valence-electron chi connectivity index (χ2n) is 4.94. The lowest BCUT2D eigenvalue weighted by Gasteiger charge is -2.02. The van der Waals surface area contributed by atoms with Crippen LogP contribution in [0.1, 0.15) is 16.1 Å². The third-order valence-corrected chi connectivity index (χ3v) is 3.38. The number of nitrogens with one attached hydrogen (secondary N) is 2. The molecule has 0 saturated heterocycles. The highest BCUT2D eigenvalue weighted by atomic mass is 16.5. The van der Waals surface area contributed by atoms with Crippen molar-refractivity contribution in [2.45, 2.75) is 6.54 Å². The van der Waals surface area contributed by atoms with Gasteiger partial charge in [0, 0.05) is 24.5 Å². The van der Waals surface area contributed by atoms with Gasteiger partial charge in [-0.15, -0.1) is 0 Å². The Kier molecular flexibility index (Phi) is 4.33. The molecule has 23 heavy (non-hydrogen) atoms. The first-order valence-corrected chi connectivity index (χ1v) is 7.13. The Labute approximate surface area is 133 Å². The van der Waals surface area contributed by atoms with Gasteiger partial charge in [-0.1, -0.05) is 6.07 Å². The minimum atomic E-state index is -0.207. The molecule has 0 radical (unpaired) electrons. The van der Waals surface area contributed by atoms with E-state index in [2.05, 4.69) is 20.5 Å². The number of amides is 1. The third kappa shape index (κ3) is 3.55. The quantitative estimate of drug-likeness (QED) is 0.758. The number of hydrogen-bond donors (Lipinski definition) is 2. The van der Waals surface area contributed by atoms with Crippen LogP contribution in [0.5, 0.6) is 5.75 Å². The van der Waals surface area contributed by atoms with E-state index in [4.69, 9.17) is 4.74 Å². The minimum Gasteiger partial charge on any atom is -0.497 e. The molecule has 0 atom stereocenters. The number of benzene rings is 1. The maximum atomic E-state index is 12.1. The number of pyridine rings is 1. The first-order chi connectivity index (χ1) is 11.3. The predicted octanol–water partition coefficient (Wildman–Crippen LogP) is 2.41. The van der Waals surface area contributed by atoms with Crippen LogP contribution in [0, 0.1) is 0 Å². The number of methoxy groups -OCH3 is 1. The Morgan fingerprint density at radius 3 is 2.78 bits per heavy atom. The van der Waals surface area contributed by atoms with Crippen LogP contribution in [0.3, 0.4) is 0 Å². The summed E-state index contributed by atoms with van der Waals surface area (Å²) in [4.78, 5) is 16.2. The molecule has 1 amide bonds. The van der Waals surface area contributed by atoms with E-state index in [0.29, 0.717) is 17.9 Å². The van der Waals surface area contributed by atoms with Crippen molar-refractivity contribution in [1.82, 2.24) is 20.5 Å². The lowest BCUT2D eigenvalue weighted by atomic mass is 10.1. The van der Waals surface area contributed by atoms with Crippen molar-refractivity contribution >= 4 is 5.91 Å². The van der Waals surface area contributed by atoms with Crippen molar-refractivity contribution < 1.29 is 9.53 Å². The average molecular weight is 308 g/mol. The number of aromatic amines is 1. The normalized spacial score (nSPS) is 10.3. The number of H-pyrrole nitrogens is 1. The average Bonchev–Trinajstić information content (AvgIpc) is 3.11. The van der Waals surface area contributed by atoms with E-state index in [0.717, 1.165) is 16.9 Å². The Balaban J connectivity index is 1.67. The van der Waals surface area contributed by atoms with Gasteiger partial charge in [0.1, 0.15) is 11.4 Å². The van der Waals surface area contributed by atoms with Gasteiger partial charge in [0.05, 0.1) is 12.8 Å². The fourth-order valence-electron chi connectivity index (χ4n) is 2.13. The summed E-state index contributed by atoms with van der Waals surface area (Å²) in [7, 11) is 1.62. The molecular formula is C17H16N4O2. The van der Waals surface area contributed by atoms with E-state index in [1.807, 2.05) is 36.4 Å². The van der Waals surface area contributed by atoms with Crippen LogP contribution in [0.15, 0.2) is 54.9 Å². The van der Waals surface area contributed by atoms with E-state index < -0.39 is 0 Å². The van der Waals surface area contributed by atoms with Crippen LogP contribution >= 0.6 is 0 Å². The number of nitrogens with zero attached hydrogens (tertiary/aromatic N) is 2. The molecule has 3 aromatic rings. The van der Waals surface area contributed by atoms with Gasteiger partial charge in [-0.3, -0.25) is 14.9 Å². The minimum absolute atomic E-state index is 0.207. The van der Waals surface area contributed by atoms with Crippen molar-refractivity contribution in [3.8, 4) is 17.0 Å². The lowest BCUT2D eigenvalue weighted by Crippen LogP contribution is -2.23. The van der Waals surface area contributed by atoms with Gasteiger partial charge >= 0.3 is 0 Å². The molecule has 0 bridgehead atoms. The SMILES string of the molecule is COc1ccc(-c2cc(C(=O)NCc3cccnc3)[nH]n2)cc1. The Morgan fingerprint density at radius 1 is 1.26 bits per heavy atom. The van der Waals surface area contributed by atoms with E-state index >= 15 is 0 Å². The number of carbonyl (C=O) groups excluding carboxylic acids is 1. The second kappa shape index (κ2) is 6.74. The third-order valence-electron chi connectivity index (χ3n) is 3.38. The zero-order chi connectivity index (χ0) is 16.1. The highest BCUT2D eigenvalue weighted by Crippen LogP contribution is 2.21.